The standard InChI is InChI=1S/C39H48N4O5/c1-3-4-27-5-11-30(12-6-27)31-15-17-32(18-16-31)34-22-41-39(42-23-34)33-13-7-29(8-14-33)25-43(26-38(46)47)37(45)24-40-36(44)21-28-9-19-35(48-2)20-10-28/h7-10,13-14,17,19-20,22-23,27,30-31H,3-6,11-12,15-16,18,21,24-26H2,1-2H3,(H,40,44)(H,46,47)/t27-,30+,31-/m1/s1. The summed E-state index contributed by atoms with van der Waals surface area (Å²) in [5.74, 6) is 1.99. The van der Waals surface area contributed by atoms with E-state index in [0.29, 0.717) is 11.6 Å². The molecule has 5 rings (SSSR count). The van der Waals surface area contributed by atoms with Gasteiger partial charge in [-0.05, 0) is 78.7 Å². The predicted molar refractivity (Wildman–Crippen MR) is 186 cm³/mol. The predicted octanol–water partition coefficient (Wildman–Crippen LogP) is 6.71. The molecule has 1 heterocycles. The molecule has 1 saturated carbocycles. The third kappa shape index (κ3) is 9.75. The number of hydrogen-bond donors (Lipinski definition) is 2. The first-order valence-electron chi connectivity index (χ1n) is 17.3. The summed E-state index contributed by atoms with van der Waals surface area (Å²) in [5, 5.41) is 12.0. The number of allylic oxidation sites excluding steroid dienone is 2. The lowest BCUT2D eigenvalue weighted by atomic mass is 9.70. The van der Waals surface area contributed by atoms with Crippen LogP contribution in [0.3, 0.4) is 0 Å². The Balaban J connectivity index is 1.12. The van der Waals surface area contributed by atoms with E-state index in [4.69, 9.17) is 4.74 Å². The molecular formula is C39H48N4O5. The van der Waals surface area contributed by atoms with Crippen molar-refractivity contribution in [3.8, 4) is 17.1 Å². The van der Waals surface area contributed by atoms with E-state index in [1.807, 2.05) is 36.7 Å². The molecule has 2 aromatic carbocycles. The fourth-order valence-electron chi connectivity index (χ4n) is 7.20. The van der Waals surface area contributed by atoms with Crippen molar-refractivity contribution >= 4 is 23.4 Å². The van der Waals surface area contributed by atoms with Crippen molar-refractivity contribution in [1.29, 1.82) is 0 Å². The molecule has 9 nitrogen and oxygen atoms in total. The molecule has 0 bridgehead atoms. The van der Waals surface area contributed by atoms with E-state index in [9.17, 15) is 19.5 Å². The molecular weight excluding hydrogens is 604 g/mol. The maximum atomic E-state index is 12.9. The lowest BCUT2D eigenvalue weighted by Crippen LogP contribution is -2.42. The lowest BCUT2D eigenvalue weighted by molar-refractivity contribution is -0.144. The number of ether oxygens (including phenoxy) is 1. The number of nitrogens with zero attached hydrogens (tertiary/aromatic N) is 3. The van der Waals surface area contributed by atoms with Crippen molar-refractivity contribution in [2.75, 3.05) is 20.2 Å². The van der Waals surface area contributed by atoms with Gasteiger partial charge in [-0.2, -0.15) is 0 Å². The molecule has 2 aliphatic rings. The highest BCUT2D eigenvalue weighted by Crippen LogP contribution is 2.42. The van der Waals surface area contributed by atoms with Gasteiger partial charge in [0.25, 0.3) is 0 Å². The van der Waals surface area contributed by atoms with Gasteiger partial charge in [0.05, 0.1) is 20.1 Å². The maximum Gasteiger partial charge on any atom is 0.323 e. The number of carboxylic acid groups (broad SMARTS) is 1. The van der Waals surface area contributed by atoms with Crippen molar-refractivity contribution in [3.63, 3.8) is 0 Å². The van der Waals surface area contributed by atoms with Crippen LogP contribution in [-0.4, -0.2) is 58.0 Å². The van der Waals surface area contributed by atoms with Crippen LogP contribution in [0.25, 0.3) is 17.0 Å². The molecule has 1 atom stereocenters. The number of carbonyl (C=O) groups excluding carboxylic acids is 2. The first kappa shape index (κ1) is 34.8. The number of benzene rings is 2. The molecule has 9 heteroatoms. The summed E-state index contributed by atoms with van der Waals surface area (Å²) in [7, 11) is 1.57. The zero-order chi connectivity index (χ0) is 33.9. The fraction of sp³-hybridized carbons (Fsp3) is 0.462. The van der Waals surface area contributed by atoms with Crippen LogP contribution in [0.2, 0.25) is 0 Å². The summed E-state index contributed by atoms with van der Waals surface area (Å²) in [6.07, 6.45) is 18.1. The van der Waals surface area contributed by atoms with Crippen molar-refractivity contribution in [2.45, 2.75) is 77.7 Å². The van der Waals surface area contributed by atoms with E-state index < -0.39 is 18.4 Å². The zero-order valence-electron chi connectivity index (χ0n) is 28.2. The van der Waals surface area contributed by atoms with Gasteiger partial charge in [-0.15, -0.1) is 0 Å². The van der Waals surface area contributed by atoms with E-state index in [0.717, 1.165) is 52.8 Å². The highest BCUT2D eigenvalue weighted by Gasteiger charge is 2.28. The monoisotopic (exact) mass is 652 g/mol. The van der Waals surface area contributed by atoms with Crippen molar-refractivity contribution in [3.05, 3.63) is 83.7 Å². The minimum Gasteiger partial charge on any atom is -0.497 e. The van der Waals surface area contributed by atoms with Crippen LogP contribution >= 0.6 is 0 Å². The van der Waals surface area contributed by atoms with E-state index in [1.54, 1.807) is 31.4 Å². The molecule has 2 N–H and O–H groups in total. The second-order valence-electron chi connectivity index (χ2n) is 13.3. The van der Waals surface area contributed by atoms with Gasteiger partial charge in [0.2, 0.25) is 11.8 Å². The van der Waals surface area contributed by atoms with E-state index in [2.05, 4.69) is 28.3 Å². The molecule has 2 aliphatic carbocycles. The Morgan fingerprint density at radius 1 is 0.896 bits per heavy atom. The minimum absolute atomic E-state index is 0.0921. The molecule has 1 fully saturated rings. The number of rotatable bonds is 14. The molecule has 0 unspecified atom stereocenters. The quantitative estimate of drug-likeness (QED) is 0.198. The van der Waals surface area contributed by atoms with Crippen LogP contribution in [0.4, 0.5) is 0 Å². The van der Waals surface area contributed by atoms with Crippen LogP contribution in [0, 0.1) is 17.8 Å². The van der Waals surface area contributed by atoms with Crippen LogP contribution in [0.5, 0.6) is 5.75 Å². The average molecular weight is 653 g/mol. The number of aromatic nitrogens is 2. The summed E-state index contributed by atoms with van der Waals surface area (Å²) >= 11 is 0. The molecule has 2 amide bonds. The third-order valence-corrected chi connectivity index (χ3v) is 9.95. The fourth-order valence-corrected chi connectivity index (χ4v) is 7.20. The lowest BCUT2D eigenvalue weighted by Gasteiger charge is -2.35. The topological polar surface area (TPSA) is 122 Å². The SMILES string of the molecule is CCC[C@H]1CC[C@@H]([C@@H]2CC=C(c3cnc(-c4ccc(CN(CC(=O)O)C(=O)CNC(=O)Cc5ccc(OC)cc5)cc4)nc3)CC2)CC1. The minimum atomic E-state index is -1.13. The van der Waals surface area contributed by atoms with Crippen LogP contribution in [-0.2, 0) is 27.3 Å². The Morgan fingerprint density at radius 3 is 2.19 bits per heavy atom. The number of carbonyl (C=O) groups is 3. The Hall–Kier alpha value is -4.53. The molecule has 0 saturated heterocycles. The summed E-state index contributed by atoms with van der Waals surface area (Å²) in [5.41, 5.74) is 4.79. The summed E-state index contributed by atoms with van der Waals surface area (Å²) in [6, 6.07) is 14.5. The highest BCUT2D eigenvalue weighted by molar-refractivity contribution is 5.87. The number of amides is 2. The normalized spacial score (nSPS) is 19.2. The van der Waals surface area contributed by atoms with Gasteiger partial charge in [-0.1, -0.05) is 75.1 Å². The van der Waals surface area contributed by atoms with Gasteiger partial charge in [-0.25, -0.2) is 9.97 Å². The molecule has 0 spiro atoms. The van der Waals surface area contributed by atoms with Gasteiger partial charge < -0.3 is 20.1 Å². The molecule has 1 aromatic heterocycles. The molecule has 3 aromatic rings. The van der Waals surface area contributed by atoms with Crippen LogP contribution in [0.15, 0.2) is 67.0 Å². The van der Waals surface area contributed by atoms with E-state index in [-0.39, 0.29) is 25.4 Å². The van der Waals surface area contributed by atoms with Gasteiger partial charge in [-0.3, -0.25) is 14.4 Å². The number of methoxy groups -OCH3 is 1. The highest BCUT2D eigenvalue weighted by atomic mass is 16.5. The van der Waals surface area contributed by atoms with Crippen LogP contribution in [0.1, 0.15) is 81.4 Å². The van der Waals surface area contributed by atoms with Gasteiger partial charge in [0, 0.05) is 30.1 Å². The summed E-state index contributed by atoms with van der Waals surface area (Å²) < 4.78 is 5.13. The third-order valence-electron chi connectivity index (χ3n) is 9.95. The van der Waals surface area contributed by atoms with Crippen LogP contribution < -0.4 is 10.1 Å². The maximum absolute atomic E-state index is 12.9. The molecule has 0 radical (unpaired) electrons. The number of aliphatic carboxylic acids is 1. The average Bonchev–Trinajstić information content (AvgIpc) is 3.11. The number of nitrogens with one attached hydrogen (secondary N) is 1. The van der Waals surface area contributed by atoms with Crippen molar-refractivity contribution < 1.29 is 24.2 Å². The smallest absolute Gasteiger partial charge is 0.323 e. The summed E-state index contributed by atoms with van der Waals surface area (Å²) in [6.45, 7) is 1.62. The number of hydrogen-bond acceptors (Lipinski definition) is 6. The Bertz CT molecular complexity index is 1540. The second-order valence-corrected chi connectivity index (χ2v) is 13.3. The van der Waals surface area contributed by atoms with Crippen molar-refractivity contribution in [2.24, 2.45) is 17.8 Å². The van der Waals surface area contributed by atoms with Gasteiger partial charge in [0.15, 0.2) is 5.82 Å². The first-order valence-corrected chi connectivity index (χ1v) is 17.3. The van der Waals surface area contributed by atoms with E-state index in [1.165, 1.54) is 55.4 Å². The Morgan fingerprint density at radius 2 is 1.58 bits per heavy atom. The molecule has 48 heavy (non-hydrogen) atoms. The molecule has 0 aliphatic heterocycles. The number of carboxylic acids is 1. The van der Waals surface area contributed by atoms with Gasteiger partial charge >= 0.3 is 5.97 Å². The van der Waals surface area contributed by atoms with E-state index >= 15 is 0 Å². The largest absolute Gasteiger partial charge is 0.497 e. The molecule has 254 valence electrons. The zero-order valence-corrected chi connectivity index (χ0v) is 28.2. The second kappa shape index (κ2) is 17.0. The van der Waals surface area contributed by atoms with Crippen molar-refractivity contribution in [1.82, 2.24) is 20.2 Å². The first-order chi connectivity index (χ1) is 23.3. The Kier molecular flexibility index (Phi) is 12.4. The van der Waals surface area contributed by atoms with Gasteiger partial charge in [0.1, 0.15) is 12.3 Å². The summed E-state index contributed by atoms with van der Waals surface area (Å²) in [4.78, 5) is 47.4. The Labute approximate surface area is 283 Å².